The van der Waals surface area contributed by atoms with Crippen LogP contribution in [-0.4, -0.2) is 76.1 Å². The van der Waals surface area contributed by atoms with Gasteiger partial charge >= 0.3 is 0 Å². The number of rotatable bonds is 10. The summed E-state index contributed by atoms with van der Waals surface area (Å²) in [7, 11) is 1.62. The van der Waals surface area contributed by atoms with Gasteiger partial charge < -0.3 is 24.8 Å². The first kappa shape index (κ1) is 27.9. The first-order chi connectivity index (χ1) is 18.3. The Hall–Kier alpha value is -3.17. The molecule has 2 amide bonds. The summed E-state index contributed by atoms with van der Waals surface area (Å²) in [6.45, 7) is 8.39. The van der Waals surface area contributed by atoms with Crippen molar-refractivity contribution < 1.29 is 24.2 Å². The van der Waals surface area contributed by atoms with Crippen molar-refractivity contribution in [2.45, 2.75) is 70.7 Å². The molecule has 1 aromatic heterocycles. The second kappa shape index (κ2) is 12.1. The molecular formula is C29H40N4O5. The van der Waals surface area contributed by atoms with Crippen LogP contribution in [0, 0.1) is 5.92 Å². The van der Waals surface area contributed by atoms with Gasteiger partial charge in [0.2, 0.25) is 17.7 Å². The van der Waals surface area contributed by atoms with Gasteiger partial charge in [-0.15, -0.1) is 0 Å². The summed E-state index contributed by atoms with van der Waals surface area (Å²) in [5.41, 5.74) is 0.194. The normalized spacial score (nSPS) is 20.5. The van der Waals surface area contributed by atoms with Crippen molar-refractivity contribution in [1.82, 2.24) is 20.1 Å². The fourth-order valence-corrected chi connectivity index (χ4v) is 5.26. The van der Waals surface area contributed by atoms with Crippen molar-refractivity contribution in [2.24, 2.45) is 5.92 Å². The van der Waals surface area contributed by atoms with Crippen LogP contribution < -0.4 is 14.8 Å². The van der Waals surface area contributed by atoms with E-state index < -0.39 is 17.7 Å². The first-order valence-corrected chi connectivity index (χ1v) is 13.6. The number of benzene rings is 1. The van der Waals surface area contributed by atoms with E-state index in [1.807, 2.05) is 56.4 Å². The minimum absolute atomic E-state index is 0.130. The molecule has 9 heteroatoms. The van der Waals surface area contributed by atoms with Crippen LogP contribution in [0.1, 0.15) is 52.0 Å². The molecule has 2 aliphatic heterocycles. The largest absolute Gasteiger partial charge is 0.497 e. The van der Waals surface area contributed by atoms with E-state index in [0.29, 0.717) is 50.7 Å². The van der Waals surface area contributed by atoms with Gasteiger partial charge in [-0.25, -0.2) is 4.98 Å². The van der Waals surface area contributed by atoms with Gasteiger partial charge in [0, 0.05) is 38.4 Å². The van der Waals surface area contributed by atoms with Crippen LogP contribution in [0.5, 0.6) is 17.4 Å². The second-order valence-corrected chi connectivity index (χ2v) is 10.6. The highest BCUT2D eigenvalue weighted by atomic mass is 16.5. The monoisotopic (exact) mass is 524 g/mol. The van der Waals surface area contributed by atoms with Crippen molar-refractivity contribution in [3.8, 4) is 17.4 Å². The van der Waals surface area contributed by atoms with E-state index in [0.717, 1.165) is 24.2 Å². The van der Waals surface area contributed by atoms with E-state index in [2.05, 4.69) is 22.1 Å². The molecular weight excluding hydrogens is 484 g/mol. The van der Waals surface area contributed by atoms with Crippen LogP contribution in [0.25, 0.3) is 0 Å². The molecule has 1 aromatic carbocycles. The number of aliphatic hydroxyl groups is 1. The number of hydrogen-bond acceptors (Lipinski definition) is 7. The number of unbranched alkanes of at least 4 members (excludes halogenated alkanes) is 1. The second-order valence-electron chi connectivity index (χ2n) is 10.6. The molecule has 0 aliphatic carbocycles. The minimum atomic E-state index is -0.905. The van der Waals surface area contributed by atoms with Crippen LogP contribution in [0.2, 0.25) is 0 Å². The van der Waals surface area contributed by atoms with Crippen LogP contribution >= 0.6 is 0 Å². The Morgan fingerprint density at radius 3 is 2.37 bits per heavy atom. The molecule has 2 saturated heterocycles. The molecule has 0 radical (unpaired) electrons. The highest BCUT2D eigenvalue weighted by Crippen LogP contribution is 2.35. The number of pyridine rings is 1. The Morgan fingerprint density at radius 1 is 1.11 bits per heavy atom. The number of likely N-dealkylation sites (tertiary alicyclic amines) is 1. The Morgan fingerprint density at radius 2 is 1.79 bits per heavy atom. The lowest BCUT2D eigenvalue weighted by atomic mass is 9.80. The van der Waals surface area contributed by atoms with Gasteiger partial charge in [-0.1, -0.05) is 33.3 Å². The van der Waals surface area contributed by atoms with Crippen molar-refractivity contribution in [2.75, 3.05) is 26.7 Å². The molecule has 2 aromatic rings. The van der Waals surface area contributed by atoms with Gasteiger partial charge in [0.15, 0.2) is 0 Å². The van der Waals surface area contributed by atoms with Crippen molar-refractivity contribution in [3.05, 3.63) is 48.2 Å². The maximum atomic E-state index is 13.5. The number of methoxy groups -OCH3 is 1. The molecule has 206 valence electrons. The molecule has 3 heterocycles. The number of hydrogen-bond donors (Lipinski definition) is 2. The van der Waals surface area contributed by atoms with E-state index in [-0.39, 0.29) is 17.7 Å². The number of ether oxygens (including phenoxy) is 2. The van der Waals surface area contributed by atoms with E-state index >= 15 is 0 Å². The number of nitrogens with zero attached hydrogens (tertiary/aromatic N) is 3. The molecule has 0 unspecified atom stereocenters. The van der Waals surface area contributed by atoms with Crippen LogP contribution in [0.15, 0.2) is 42.6 Å². The van der Waals surface area contributed by atoms with Gasteiger partial charge in [-0.3, -0.25) is 14.5 Å². The zero-order valence-corrected chi connectivity index (χ0v) is 22.9. The van der Waals surface area contributed by atoms with Gasteiger partial charge in [0.05, 0.1) is 13.2 Å². The summed E-state index contributed by atoms with van der Waals surface area (Å²) >= 11 is 0. The quantitative estimate of drug-likeness (QED) is 0.491. The number of nitrogens with one attached hydrogen (secondary N) is 1. The fourth-order valence-electron chi connectivity index (χ4n) is 5.26. The lowest BCUT2D eigenvalue weighted by molar-refractivity contribution is -0.165. The van der Waals surface area contributed by atoms with Crippen LogP contribution in [0.3, 0.4) is 0 Å². The van der Waals surface area contributed by atoms with Gasteiger partial charge in [0.25, 0.3) is 0 Å². The average molecular weight is 525 g/mol. The number of piperazine rings is 1. The Labute approximate surface area is 225 Å². The zero-order chi connectivity index (χ0) is 27.3. The van der Waals surface area contributed by atoms with Crippen LogP contribution in [-0.2, 0) is 16.1 Å². The Balaban J connectivity index is 1.38. The number of amides is 2. The number of carbonyl (C=O) groups excluding carboxylic acids is 2. The van der Waals surface area contributed by atoms with Crippen molar-refractivity contribution in [1.29, 1.82) is 0 Å². The third kappa shape index (κ3) is 5.94. The predicted molar refractivity (Wildman–Crippen MR) is 144 cm³/mol. The van der Waals surface area contributed by atoms with Crippen molar-refractivity contribution >= 4 is 11.8 Å². The summed E-state index contributed by atoms with van der Waals surface area (Å²) in [6.07, 6.45) is 3.78. The highest BCUT2D eigenvalue weighted by molar-refractivity contribution is 6.00. The maximum Gasteiger partial charge on any atom is 0.248 e. The molecule has 38 heavy (non-hydrogen) atoms. The standard InChI is InChI=1S/C29H40N4O5/c1-5-6-15-33-27(35)25(26(34)20(2)3)31-28(36)29(33)13-16-32(17-14-29)19-21-7-12-24(30-18-21)38-23-10-8-22(37-4)9-11-23/h7-12,18,20,25-26,34H,5-6,13-17,19H2,1-4H3,(H,31,36)/t25-,26-/m1/s1. The number of aliphatic hydroxyl groups excluding tert-OH is 1. The highest BCUT2D eigenvalue weighted by Gasteiger charge is 2.54. The van der Waals surface area contributed by atoms with Crippen molar-refractivity contribution in [3.63, 3.8) is 0 Å². The number of aromatic nitrogens is 1. The lowest BCUT2D eigenvalue weighted by Gasteiger charge is -2.52. The molecule has 4 rings (SSSR count). The fraction of sp³-hybridized carbons (Fsp3) is 0.552. The summed E-state index contributed by atoms with van der Waals surface area (Å²) in [4.78, 5) is 35.4. The number of piperidine rings is 1. The maximum absolute atomic E-state index is 13.5. The Kier molecular flexibility index (Phi) is 8.89. The molecule has 0 bridgehead atoms. The molecule has 0 saturated carbocycles. The smallest absolute Gasteiger partial charge is 0.248 e. The van der Waals surface area contributed by atoms with Gasteiger partial charge in [0.1, 0.15) is 23.1 Å². The summed E-state index contributed by atoms with van der Waals surface area (Å²) < 4.78 is 11.0. The molecule has 2 fully saturated rings. The first-order valence-electron chi connectivity index (χ1n) is 13.6. The molecule has 2 atom stereocenters. The topological polar surface area (TPSA) is 104 Å². The third-order valence-corrected chi connectivity index (χ3v) is 7.69. The van der Waals surface area contributed by atoms with E-state index in [4.69, 9.17) is 9.47 Å². The minimum Gasteiger partial charge on any atom is -0.497 e. The Bertz CT molecular complexity index is 1080. The zero-order valence-electron chi connectivity index (χ0n) is 22.9. The molecule has 2 N–H and O–H groups in total. The predicted octanol–water partition coefficient (Wildman–Crippen LogP) is 3.36. The molecule has 2 aliphatic rings. The summed E-state index contributed by atoms with van der Waals surface area (Å²) in [5.74, 6) is 1.53. The van der Waals surface area contributed by atoms with E-state index in [9.17, 15) is 14.7 Å². The SMILES string of the molecule is CCCCN1C(=O)[C@@H]([C@H](O)C(C)C)NC(=O)C12CCN(Cc1ccc(Oc3ccc(OC)cc3)nc1)CC2. The van der Waals surface area contributed by atoms with Gasteiger partial charge in [-0.2, -0.15) is 0 Å². The van der Waals surface area contributed by atoms with E-state index in [1.165, 1.54) is 0 Å². The van der Waals surface area contributed by atoms with Gasteiger partial charge in [-0.05, 0) is 55.0 Å². The number of carbonyl (C=O) groups is 2. The van der Waals surface area contributed by atoms with E-state index in [1.54, 1.807) is 12.0 Å². The molecule has 9 nitrogen and oxygen atoms in total. The lowest BCUT2D eigenvalue weighted by Crippen LogP contribution is -2.74. The summed E-state index contributed by atoms with van der Waals surface area (Å²) in [5, 5.41) is 13.5. The average Bonchev–Trinajstić information content (AvgIpc) is 2.93. The third-order valence-electron chi connectivity index (χ3n) is 7.69. The molecule has 1 spiro atoms. The summed E-state index contributed by atoms with van der Waals surface area (Å²) in [6, 6.07) is 10.3. The van der Waals surface area contributed by atoms with Crippen LogP contribution in [0.4, 0.5) is 0 Å².